The number of rotatable bonds is 7. The van der Waals surface area contributed by atoms with E-state index in [2.05, 4.69) is 10.1 Å². The van der Waals surface area contributed by atoms with Gasteiger partial charge in [0.15, 0.2) is 0 Å². The molecule has 0 atom stereocenters. The van der Waals surface area contributed by atoms with Gasteiger partial charge in [-0.05, 0) is 18.6 Å². The van der Waals surface area contributed by atoms with Crippen LogP contribution in [-0.4, -0.2) is 44.2 Å². The summed E-state index contributed by atoms with van der Waals surface area (Å²) in [6.45, 7) is 0.329. The Bertz CT molecular complexity index is 554. The lowest BCUT2D eigenvalue weighted by Crippen LogP contribution is -2.34. The number of likely N-dealkylation sites (N-methyl/N-ethyl adjacent to an activating group) is 1. The molecule has 1 rings (SSSR count). The number of amides is 2. The maximum Gasteiger partial charge on any atom is 0.409 e. The Morgan fingerprint density at radius 3 is 2.86 bits per heavy atom. The van der Waals surface area contributed by atoms with Crippen molar-refractivity contribution in [2.75, 3.05) is 32.6 Å². The summed E-state index contributed by atoms with van der Waals surface area (Å²) in [5, 5.41) is 11.1. The molecular weight excluding hydrogens is 286 g/mol. The number of anilines is 1. The zero-order chi connectivity index (χ0) is 16.4. The molecule has 0 unspecified atom stereocenters. The third-order valence-electron chi connectivity index (χ3n) is 2.69. The van der Waals surface area contributed by atoms with Crippen LogP contribution < -0.4 is 10.1 Å². The number of carbonyl (C=O) groups excluding carboxylic acids is 2. The van der Waals surface area contributed by atoms with Crippen molar-refractivity contribution in [2.24, 2.45) is 0 Å². The first-order valence-corrected chi connectivity index (χ1v) is 6.75. The molecule has 0 aliphatic rings. The van der Waals surface area contributed by atoms with Gasteiger partial charge in [-0.2, -0.15) is 5.26 Å². The zero-order valence-electron chi connectivity index (χ0n) is 12.7. The van der Waals surface area contributed by atoms with E-state index < -0.39 is 6.09 Å². The van der Waals surface area contributed by atoms with E-state index in [0.29, 0.717) is 30.9 Å². The molecule has 0 heterocycles. The quantitative estimate of drug-likeness (QED) is 0.778. The number of nitriles is 1. The highest BCUT2D eigenvalue weighted by Gasteiger charge is 2.12. The fourth-order valence-electron chi connectivity index (χ4n) is 1.64. The van der Waals surface area contributed by atoms with Crippen LogP contribution in [0.4, 0.5) is 10.5 Å². The number of ether oxygens (including phenoxy) is 2. The predicted octanol–water partition coefficient (Wildman–Crippen LogP) is 2.01. The molecule has 1 aromatic carbocycles. The number of nitrogens with zero attached hydrogens (tertiary/aromatic N) is 2. The van der Waals surface area contributed by atoms with Gasteiger partial charge in [0, 0.05) is 25.2 Å². The van der Waals surface area contributed by atoms with E-state index in [1.807, 2.05) is 6.07 Å². The summed E-state index contributed by atoms with van der Waals surface area (Å²) in [7, 11) is 2.73. The molecule has 0 aromatic heterocycles. The number of nitrogens with one attached hydrogen (secondary N) is 1. The standard InChI is InChI=1S/C15H19N3O4/c1-18(15(20)21-2)11-14(19)17-12-6-5-7-13(10-12)22-9-4-3-8-16/h5-7,10H,3-4,9,11H2,1-2H3,(H,17,19). The smallest absolute Gasteiger partial charge is 0.409 e. The van der Waals surface area contributed by atoms with Crippen LogP contribution in [0.3, 0.4) is 0 Å². The van der Waals surface area contributed by atoms with Gasteiger partial charge in [0.2, 0.25) is 5.91 Å². The number of unbranched alkanes of at least 4 members (excludes halogenated alkanes) is 1. The summed E-state index contributed by atoms with van der Waals surface area (Å²) in [6, 6.07) is 8.96. The Hall–Kier alpha value is -2.75. The molecule has 0 fully saturated rings. The van der Waals surface area contributed by atoms with Gasteiger partial charge in [0.25, 0.3) is 0 Å². The van der Waals surface area contributed by atoms with E-state index >= 15 is 0 Å². The molecule has 0 radical (unpaired) electrons. The highest BCUT2D eigenvalue weighted by Crippen LogP contribution is 2.17. The number of benzene rings is 1. The molecule has 1 aromatic rings. The van der Waals surface area contributed by atoms with Gasteiger partial charge in [-0.25, -0.2) is 4.79 Å². The molecule has 0 saturated carbocycles. The van der Waals surface area contributed by atoms with Gasteiger partial charge in [0.05, 0.1) is 19.8 Å². The summed E-state index contributed by atoms with van der Waals surface area (Å²) in [5.74, 6) is 0.270. The summed E-state index contributed by atoms with van der Waals surface area (Å²) in [4.78, 5) is 24.2. The van der Waals surface area contributed by atoms with Crippen LogP contribution in [0.15, 0.2) is 24.3 Å². The average molecular weight is 305 g/mol. The summed E-state index contributed by atoms with van der Waals surface area (Å²) in [5.41, 5.74) is 0.570. The SMILES string of the molecule is COC(=O)N(C)CC(=O)Nc1cccc(OCCCC#N)c1. The van der Waals surface area contributed by atoms with Crippen LogP contribution in [0.5, 0.6) is 5.75 Å². The van der Waals surface area contributed by atoms with Crippen molar-refractivity contribution in [1.29, 1.82) is 5.26 Å². The van der Waals surface area contributed by atoms with E-state index in [-0.39, 0.29) is 12.5 Å². The van der Waals surface area contributed by atoms with Crippen LogP contribution in [0.1, 0.15) is 12.8 Å². The van der Waals surface area contributed by atoms with Crippen molar-refractivity contribution in [1.82, 2.24) is 4.90 Å². The molecular formula is C15H19N3O4. The van der Waals surface area contributed by atoms with E-state index in [1.54, 1.807) is 24.3 Å². The van der Waals surface area contributed by atoms with E-state index in [1.165, 1.54) is 14.2 Å². The average Bonchev–Trinajstić information content (AvgIpc) is 2.51. The Morgan fingerprint density at radius 2 is 2.18 bits per heavy atom. The first-order valence-electron chi connectivity index (χ1n) is 6.75. The normalized spacial score (nSPS) is 9.50. The lowest BCUT2D eigenvalue weighted by atomic mass is 10.3. The van der Waals surface area contributed by atoms with E-state index in [9.17, 15) is 9.59 Å². The number of hydrogen-bond acceptors (Lipinski definition) is 5. The first-order chi connectivity index (χ1) is 10.6. The molecule has 7 nitrogen and oxygen atoms in total. The first kappa shape index (κ1) is 17.3. The Labute approximate surface area is 129 Å². The van der Waals surface area contributed by atoms with E-state index in [0.717, 1.165) is 4.90 Å². The topological polar surface area (TPSA) is 91.7 Å². The molecule has 1 N–H and O–H groups in total. The Kier molecular flexibility index (Phi) is 7.26. The summed E-state index contributed by atoms with van der Waals surface area (Å²) < 4.78 is 9.99. The van der Waals surface area contributed by atoms with Crippen LogP contribution in [-0.2, 0) is 9.53 Å². The molecule has 0 aliphatic carbocycles. The van der Waals surface area contributed by atoms with Crippen LogP contribution >= 0.6 is 0 Å². The molecule has 0 aliphatic heterocycles. The van der Waals surface area contributed by atoms with Gasteiger partial charge >= 0.3 is 6.09 Å². The number of hydrogen-bond donors (Lipinski definition) is 1. The molecule has 2 amide bonds. The van der Waals surface area contributed by atoms with Crippen molar-refractivity contribution in [3.8, 4) is 11.8 Å². The lowest BCUT2D eigenvalue weighted by Gasteiger charge is -2.15. The van der Waals surface area contributed by atoms with E-state index in [4.69, 9.17) is 10.00 Å². The molecule has 0 bridgehead atoms. The second kappa shape index (κ2) is 9.23. The molecule has 0 saturated heterocycles. The van der Waals surface area contributed by atoms with Crippen molar-refractivity contribution in [2.45, 2.75) is 12.8 Å². The van der Waals surface area contributed by atoms with Crippen LogP contribution in [0.2, 0.25) is 0 Å². The fraction of sp³-hybridized carbons (Fsp3) is 0.400. The monoisotopic (exact) mass is 305 g/mol. The zero-order valence-corrected chi connectivity index (χ0v) is 12.7. The van der Waals surface area contributed by atoms with Gasteiger partial charge in [-0.15, -0.1) is 0 Å². The van der Waals surface area contributed by atoms with Crippen molar-refractivity contribution >= 4 is 17.7 Å². The van der Waals surface area contributed by atoms with Crippen LogP contribution in [0.25, 0.3) is 0 Å². The second-order valence-corrected chi connectivity index (χ2v) is 4.51. The maximum absolute atomic E-state index is 11.8. The van der Waals surface area contributed by atoms with Crippen molar-refractivity contribution in [3.63, 3.8) is 0 Å². The fourth-order valence-corrected chi connectivity index (χ4v) is 1.64. The summed E-state index contributed by atoms with van der Waals surface area (Å²) >= 11 is 0. The third kappa shape index (κ3) is 6.13. The largest absolute Gasteiger partial charge is 0.493 e. The molecule has 0 spiro atoms. The molecule has 118 valence electrons. The number of methoxy groups -OCH3 is 1. The molecule has 22 heavy (non-hydrogen) atoms. The van der Waals surface area contributed by atoms with Gasteiger partial charge < -0.3 is 19.7 Å². The Balaban J connectivity index is 2.50. The highest BCUT2D eigenvalue weighted by atomic mass is 16.5. The highest BCUT2D eigenvalue weighted by molar-refractivity contribution is 5.93. The van der Waals surface area contributed by atoms with Crippen molar-refractivity contribution < 1.29 is 19.1 Å². The third-order valence-corrected chi connectivity index (χ3v) is 2.69. The molecule has 7 heteroatoms. The number of carbonyl (C=O) groups is 2. The second-order valence-electron chi connectivity index (χ2n) is 4.51. The minimum Gasteiger partial charge on any atom is -0.493 e. The van der Waals surface area contributed by atoms with Crippen molar-refractivity contribution in [3.05, 3.63) is 24.3 Å². The lowest BCUT2D eigenvalue weighted by molar-refractivity contribution is -0.116. The minimum absolute atomic E-state index is 0.111. The maximum atomic E-state index is 11.8. The van der Waals surface area contributed by atoms with Gasteiger partial charge in [-0.1, -0.05) is 6.07 Å². The minimum atomic E-state index is -0.579. The Morgan fingerprint density at radius 1 is 1.41 bits per heavy atom. The van der Waals surface area contributed by atoms with Gasteiger partial charge in [0.1, 0.15) is 12.3 Å². The van der Waals surface area contributed by atoms with Crippen LogP contribution in [0, 0.1) is 11.3 Å². The predicted molar refractivity (Wildman–Crippen MR) is 80.4 cm³/mol. The summed E-state index contributed by atoms with van der Waals surface area (Å²) in [6.07, 6.45) is 0.512. The van der Waals surface area contributed by atoms with Gasteiger partial charge in [-0.3, -0.25) is 4.79 Å².